The van der Waals surface area contributed by atoms with Crippen LogP contribution in [0, 0.1) is 0 Å². The molecule has 0 aliphatic rings. The molecule has 3 heteroatoms. The molecule has 0 saturated heterocycles. The predicted molar refractivity (Wildman–Crippen MR) is 78.8 cm³/mol. The zero-order chi connectivity index (χ0) is 12.6. The number of thioether (sulfide) groups is 1. The second kappa shape index (κ2) is 7.07. The number of unbranched alkanes of at least 4 members (excludes halogenated alkanes) is 1. The van der Waals surface area contributed by atoms with E-state index in [1.54, 1.807) is 0 Å². The Morgan fingerprint density at radius 1 is 1.00 bits per heavy atom. The van der Waals surface area contributed by atoms with Gasteiger partial charge in [-0.25, -0.2) is 4.98 Å². The van der Waals surface area contributed by atoms with Crippen LogP contribution < -0.4 is 5.73 Å². The molecule has 2 rings (SSSR count). The fourth-order valence-electron chi connectivity index (χ4n) is 1.74. The van der Waals surface area contributed by atoms with Crippen molar-refractivity contribution in [2.75, 3.05) is 11.5 Å². The molecule has 0 aliphatic carbocycles. The minimum Gasteiger partial charge on any atom is -0.384 e. The molecule has 0 aliphatic heterocycles. The van der Waals surface area contributed by atoms with E-state index in [0.29, 0.717) is 5.82 Å². The van der Waals surface area contributed by atoms with Gasteiger partial charge in [0.15, 0.2) is 0 Å². The highest BCUT2D eigenvalue weighted by molar-refractivity contribution is 7.99. The minimum atomic E-state index is 0.587. The summed E-state index contributed by atoms with van der Waals surface area (Å²) in [6, 6.07) is 14.5. The van der Waals surface area contributed by atoms with Crippen molar-refractivity contribution in [2.45, 2.75) is 24.2 Å². The summed E-state index contributed by atoms with van der Waals surface area (Å²) < 4.78 is 0. The van der Waals surface area contributed by atoms with Crippen LogP contribution in [0.2, 0.25) is 0 Å². The first kappa shape index (κ1) is 13.0. The molecule has 0 atom stereocenters. The standard InChI is InChI=1S/C15H18N2S/c16-15-10-9-14(12-17-15)18-11-5-4-8-13-6-2-1-3-7-13/h1-3,6-7,9-10,12H,4-5,8,11H2,(H2,16,17). The Kier molecular flexibility index (Phi) is 5.09. The highest BCUT2D eigenvalue weighted by atomic mass is 32.2. The number of nitrogens with zero attached hydrogens (tertiary/aromatic N) is 1. The molecule has 0 fully saturated rings. The summed E-state index contributed by atoms with van der Waals surface area (Å²) >= 11 is 1.85. The van der Waals surface area contributed by atoms with E-state index in [4.69, 9.17) is 5.73 Å². The van der Waals surface area contributed by atoms with Crippen LogP contribution in [-0.2, 0) is 6.42 Å². The van der Waals surface area contributed by atoms with Gasteiger partial charge in [-0.3, -0.25) is 0 Å². The maximum absolute atomic E-state index is 5.55. The normalized spacial score (nSPS) is 10.4. The monoisotopic (exact) mass is 258 g/mol. The van der Waals surface area contributed by atoms with Crippen molar-refractivity contribution in [2.24, 2.45) is 0 Å². The number of aryl methyl sites for hydroxylation is 1. The van der Waals surface area contributed by atoms with Gasteiger partial charge < -0.3 is 5.73 Å². The number of aromatic nitrogens is 1. The molecule has 2 nitrogen and oxygen atoms in total. The average Bonchev–Trinajstić information content (AvgIpc) is 2.42. The van der Waals surface area contributed by atoms with Crippen LogP contribution in [0.5, 0.6) is 0 Å². The Bertz CT molecular complexity index is 454. The van der Waals surface area contributed by atoms with Gasteiger partial charge in [-0.2, -0.15) is 0 Å². The van der Waals surface area contributed by atoms with Crippen molar-refractivity contribution in [1.82, 2.24) is 4.98 Å². The second-order valence-corrected chi connectivity index (χ2v) is 5.38. The van der Waals surface area contributed by atoms with Crippen molar-refractivity contribution in [1.29, 1.82) is 0 Å². The molecule has 0 spiro atoms. The van der Waals surface area contributed by atoms with Gasteiger partial charge in [0.1, 0.15) is 5.82 Å². The van der Waals surface area contributed by atoms with Gasteiger partial charge in [0, 0.05) is 11.1 Å². The zero-order valence-corrected chi connectivity index (χ0v) is 11.2. The lowest BCUT2D eigenvalue weighted by Gasteiger charge is -2.02. The van der Waals surface area contributed by atoms with Gasteiger partial charge in [-0.05, 0) is 42.7 Å². The maximum Gasteiger partial charge on any atom is 0.123 e. The lowest BCUT2D eigenvalue weighted by molar-refractivity contribution is 0.802. The molecule has 1 aromatic heterocycles. The summed E-state index contributed by atoms with van der Waals surface area (Å²) in [5.74, 6) is 1.72. The Morgan fingerprint density at radius 3 is 2.56 bits per heavy atom. The van der Waals surface area contributed by atoms with Crippen LogP contribution in [-0.4, -0.2) is 10.7 Å². The number of rotatable bonds is 6. The van der Waals surface area contributed by atoms with Crippen LogP contribution in [0.15, 0.2) is 53.6 Å². The quantitative estimate of drug-likeness (QED) is 0.633. The Labute approximate surface area is 113 Å². The summed E-state index contributed by atoms with van der Waals surface area (Å²) in [4.78, 5) is 5.28. The molecule has 1 aromatic carbocycles. The fourth-order valence-corrected chi connectivity index (χ4v) is 2.62. The molecule has 0 amide bonds. The molecule has 2 aromatic rings. The number of hydrogen-bond acceptors (Lipinski definition) is 3. The smallest absolute Gasteiger partial charge is 0.123 e. The van der Waals surface area contributed by atoms with E-state index in [1.165, 1.54) is 29.7 Å². The summed E-state index contributed by atoms with van der Waals surface area (Å²) in [6.07, 6.45) is 5.47. The molecule has 0 unspecified atom stereocenters. The largest absolute Gasteiger partial charge is 0.384 e. The van der Waals surface area contributed by atoms with Crippen LogP contribution in [0.25, 0.3) is 0 Å². The third-order valence-electron chi connectivity index (χ3n) is 2.73. The highest BCUT2D eigenvalue weighted by Crippen LogP contribution is 2.19. The first-order chi connectivity index (χ1) is 8.84. The number of benzene rings is 1. The third-order valence-corrected chi connectivity index (χ3v) is 3.80. The molecule has 94 valence electrons. The Hall–Kier alpha value is -1.48. The predicted octanol–water partition coefficient (Wildman–Crippen LogP) is 3.78. The van der Waals surface area contributed by atoms with E-state index >= 15 is 0 Å². The van der Waals surface area contributed by atoms with Gasteiger partial charge in [0.2, 0.25) is 0 Å². The topological polar surface area (TPSA) is 38.9 Å². The number of nitrogens with two attached hydrogens (primary N) is 1. The van der Waals surface area contributed by atoms with Crippen LogP contribution in [0.1, 0.15) is 18.4 Å². The van der Waals surface area contributed by atoms with Crippen molar-refractivity contribution >= 4 is 17.6 Å². The summed E-state index contributed by atoms with van der Waals surface area (Å²) in [5, 5.41) is 0. The van der Waals surface area contributed by atoms with Gasteiger partial charge in [-0.1, -0.05) is 30.3 Å². The lowest BCUT2D eigenvalue weighted by atomic mass is 10.1. The molecule has 1 heterocycles. The van der Waals surface area contributed by atoms with Gasteiger partial charge in [0.05, 0.1) is 0 Å². The van der Waals surface area contributed by atoms with E-state index in [0.717, 1.165) is 5.75 Å². The van der Waals surface area contributed by atoms with E-state index in [9.17, 15) is 0 Å². The first-order valence-corrected chi connectivity index (χ1v) is 7.21. The van der Waals surface area contributed by atoms with Crippen LogP contribution >= 0.6 is 11.8 Å². The molecular weight excluding hydrogens is 240 g/mol. The van der Waals surface area contributed by atoms with E-state index in [-0.39, 0.29) is 0 Å². The molecule has 0 radical (unpaired) electrons. The van der Waals surface area contributed by atoms with Crippen molar-refractivity contribution in [3.05, 3.63) is 54.2 Å². The van der Waals surface area contributed by atoms with Gasteiger partial charge in [0.25, 0.3) is 0 Å². The summed E-state index contributed by atoms with van der Waals surface area (Å²) in [5.41, 5.74) is 6.97. The highest BCUT2D eigenvalue weighted by Gasteiger charge is 1.96. The molecular formula is C15H18N2S. The first-order valence-electron chi connectivity index (χ1n) is 6.23. The maximum atomic E-state index is 5.55. The minimum absolute atomic E-state index is 0.587. The summed E-state index contributed by atoms with van der Waals surface area (Å²) in [7, 11) is 0. The lowest BCUT2D eigenvalue weighted by Crippen LogP contribution is -1.89. The summed E-state index contributed by atoms with van der Waals surface area (Å²) in [6.45, 7) is 0. The average molecular weight is 258 g/mol. The molecule has 2 N–H and O–H groups in total. The zero-order valence-electron chi connectivity index (χ0n) is 10.4. The van der Waals surface area contributed by atoms with Crippen molar-refractivity contribution in [3.8, 4) is 0 Å². The SMILES string of the molecule is Nc1ccc(SCCCCc2ccccc2)cn1. The molecule has 18 heavy (non-hydrogen) atoms. The third kappa shape index (κ3) is 4.41. The molecule has 0 bridgehead atoms. The van der Waals surface area contributed by atoms with E-state index in [1.807, 2.05) is 30.1 Å². The Morgan fingerprint density at radius 2 is 1.83 bits per heavy atom. The van der Waals surface area contributed by atoms with Crippen LogP contribution in [0.3, 0.4) is 0 Å². The van der Waals surface area contributed by atoms with Gasteiger partial charge in [-0.15, -0.1) is 11.8 Å². The number of hydrogen-bond donors (Lipinski definition) is 1. The van der Waals surface area contributed by atoms with Crippen molar-refractivity contribution in [3.63, 3.8) is 0 Å². The Balaban J connectivity index is 1.63. The van der Waals surface area contributed by atoms with Crippen LogP contribution in [0.4, 0.5) is 5.82 Å². The number of nitrogen functional groups attached to an aromatic ring is 1. The van der Waals surface area contributed by atoms with E-state index < -0.39 is 0 Å². The molecule has 0 saturated carbocycles. The number of anilines is 1. The van der Waals surface area contributed by atoms with Crippen molar-refractivity contribution < 1.29 is 0 Å². The second-order valence-electron chi connectivity index (χ2n) is 4.21. The fraction of sp³-hybridized carbons (Fsp3) is 0.267. The number of pyridine rings is 1. The van der Waals surface area contributed by atoms with E-state index in [2.05, 4.69) is 35.3 Å². The van der Waals surface area contributed by atoms with Gasteiger partial charge >= 0.3 is 0 Å².